The Morgan fingerprint density at radius 1 is 1.00 bits per heavy atom. The first-order valence-electron chi connectivity index (χ1n) is 8.46. The Morgan fingerprint density at radius 2 is 1.67 bits per heavy atom. The molecule has 1 aromatic heterocycles. The van der Waals surface area contributed by atoms with Crippen LogP contribution in [0.15, 0.2) is 60.9 Å². The molecule has 0 atom stereocenters. The number of ether oxygens (including phenoxy) is 1. The van der Waals surface area contributed by atoms with Gasteiger partial charge in [-0.15, -0.1) is 0 Å². The lowest BCUT2D eigenvalue weighted by atomic mass is 10.2. The lowest BCUT2D eigenvalue weighted by Gasteiger charge is -2.15. The number of carbonyl (C=O) groups is 1. The molecular weight excluding hydrogens is 344 g/mol. The number of hydrogen-bond donors (Lipinski definition) is 3. The largest absolute Gasteiger partial charge is 0.489 e. The van der Waals surface area contributed by atoms with Crippen molar-refractivity contribution in [3.63, 3.8) is 0 Å². The summed E-state index contributed by atoms with van der Waals surface area (Å²) in [6, 6.07) is 15.8. The lowest BCUT2D eigenvalue weighted by Crippen LogP contribution is -2.07. The van der Waals surface area contributed by atoms with Crippen molar-refractivity contribution in [1.82, 2.24) is 9.97 Å². The minimum Gasteiger partial charge on any atom is -0.489 e. The van der Waals surface area contributed by atoms with Gasteiger partial charge in [0.05, 0.1) is 17.4 Å². The van der Waals surface area contributed by atoms with Gasteiger partial charge in [-0.05, 0) is 50.2 Å². The van der Waals surface area contributed by atoms with Crippen LogP contribution in [0, 0.1) is 0 Å². The standard InChI is InChI=1S/C20H20N4O3/c1-13(2)27-17-6-4-3-5-16(17)24-19-11-18(21-12-22-19)23-15-9-7-14(8-10-15)20(25)26/h3-13H,1-2H3,(H,25,26)(H2,21,22,23,24). The molecule has 7 nitrogen and oxygen atoms in total. The molecular formula is C20H20N4O3. The summed E-state index contributed by atoms with van der Waals surface area (Å²) in [7, 11) is 0. The molecule has 0 aliphatic carbocycles. The predicted molar refractivity (Wildman–Crippen MR) is 104 cm³/mol. The van der Waals surface area contributed by atoms with Gasteiger partial charge in [0.25, 0.3) is 0 Å². The summed E-state index contributed by atoms with van der Waals surface area (Å²) in [5.74, 6) is 0.967. The van der Waals surface area contributed by atoms with Crippen LogP contribution in [-0.4, -0.2) is 27.1 Å². The van der Waals surface area contributed by atoms with E-state index in [1.165, 1.54) is 18.5 Å². The van der Waals surface area contributed by atoms with E-state index in [9.17, 15) is 4.79 Å². The van der Waals surface area contributed by atoms with Crippen LogP contribution in [0.3, 0.4) is 0 Å². The Kier molecular flexibility index (Phi) is 5.51. The molecule has 0 spiro atoms. The highest BCUT2D eigenvalue weighted by Crippen LogP contribution is 2.28. The van der Waals surface area contributed by atoms with Crippen LogP contribution in [0.5, 0.6) is 5.75 Å². The molecule has 0 unspecified atom stereocenters. The normalized spacial score (nSPS) is 10.5. The van der Waals surface area contributed by atoms with Crippen LogP contribution in [0.4, 0.5) is 23.0 Å². The quantitative estimate of drug-likeness (QED) is 0.570. The first-order valence-corrected chi connectivity index (χ1v) is 8.46. The second-order valence-corrected chi connectivity index (χ2v) is 6.08. The van der Waals surface area contributed by atoms with E-state index in [0.717, 1.165) is 17.1 Å². The van der Waals surface area contributed by atoms with Gasteiger partial charge < -0.3 is 20.5 Å². The maximum atomic E-state index is 10.9. The summed E-state index contributed by atoms with van der Waals surface area (Å²) >= 11 is 0. The van der Waals surface area contributed by atoms with Crippen molar-refractivity contribution in [2.24, 2.45) is 0 Å². The number of carboxylic acids is 1. The minimum atomic E-state index is -0.961. The van der Waals surface area contributed by atoms with Crippen LogP contribution in [0.25, 0.3) is 0 Å². The average Bonchev–Trinajstić information content (AvgIpc) is 2.64. The molecule has 2 aromatic carbocycles. The van der Waals surface area contributed by atoms with Crippen molar-refractivity contribution in [3.8, 4) is 5.75 Å². The molecule has 0 amide bonds. The molecule has 0 aliphatic heterocycles. The Balaban J connectivity index is 1.75. The highest BCUT2D eigenvalue weighted by atomic mass is 16.5. The Hall–Kier alpha value is -3.61. The molecule has 3 aromatic rings. The molecule has 1 heterocycles. The molecule has 0 fully saturated rings. The third-order valence-corrected chi connectivity index (χ3v) is 3.58. The molecule has 7 heteroatoms. The molecule has 0 aliphatic rings. The highest BCUT2D eigenvalue weighted by Gasteiger charge is 2.07. The fourth-order valence-electron chi connectivity index (χ4n) is 2.40. The van der Waals surface area contributed by atoms with E-state index < -0.39 is 5.97 Å². The van der Waals surface area contributed by atoms with Crippen molar-refractivity contribution >= 4 is 29.0 Å². The molecule has 0 saturated heterocycles. The number of anilines is 4. The first kappa shape index (κ1) is 18.2. The van der Waals surface area contributed by atoms with Gasteiger partial charge in [0, 0.05) is 11.8 Å². The van der Waals surface area contributed by atoms with Gasteiger partial charge in [-0.3, -0.25) is 0 Å². The summed E-state index contributed by atoms with van der Waals surface area (Å²) in [5, 5.41) is 15.3. The Labute approximate surface area is 157 Å². The third kappa shape index (κ3) is 4.94. The maximum Gasteiger partial charge on any atom is 0.335 e. The van der Waals surface area contributed by atoms with Crippen molar-refractivity contribution in [1.29, 1.82) is 0 Å². The molecule has 0 bridgehead atoms. The van der Waals surface area contributed by atoms with E-state index in [0.29, 0.717) is 11.6 Å². The van der Waals surface area contributed by atoms with Gasteiger partial charge in [-0.2, -0.15) is 0 Å². The van der Waals surface area contributed by atoms with Gasteiger partial charge in [0.2, 0.25) is 0 Å². The van der Waals surface area contributed by atoms with Crippen LogP contribution >= 0.6 is 0 Å². The Bertz CT molecular complexity index is 927. The number of hydrogen-bond acceptors (Lipinski definition) is 6. The van der Waals surface area contributed by atoms with Crippen molar-refractivity contribution in [3.05, 3.63) is 66.5 Å². The van der Waals surface area contributed by atoms with E-state index >= 15 is 0 Å². The van der Waals surface area contributed by atoms with Crippen molar-refractivity contribution in [2.45, 2.75) is 20.0 Å². The van der Waals surface area contributed by atoms with Gasteiger partial charge in [-0.25, -0.2) is 14.8 Å². The topological polar surface area (TPSA) is 96.4 Å². The summed E-state index contributed by atoms with van der Waals surface area (Å²) in [5.41, 5.74) is 1.77. The second kappa shape index (κ2) is 8.18. The monoisotopic (exact) mass is 364 g/mol. The zero-order valence-electron chi connectivity index (χ0n) is 15.0. The molecule has 138 valence electrons. The van der Waals surface area contributed by atoms with E-state index in [2.05, 4.69) is 20.6 Å². The summed E-state index contributed by atoms with van der Waals surface area (Å²) in [4.78, 5) is 19.4. The smallest absolute Gasteiger partial charge is 0.335 e. The Morgan fingerprint density at radius 3 is 2.33 bits per heavy atom. The molecule has 27 heavy (non-hydrogen) atoms. The zero-order chi connectivity index (χ0) is 19.2. The number of aromatic carboxylic acids is 1. The molecule has 3 N–H and O–H groups in total. The number of nitrogens with one attached hydrogen (secondary N) is 2. The van der Waals surface area contributed by atoms with Crippen LogP contribution in [0.1, 0.15) is 24.2 Å². The van der Waals surface area contributed by atoms with Gasteiger partial charge in [0.1, 0.15) is 23.7 Å². The summed E-state index contributed by atoms with van der Waals surface area (Å²) in [6.45, 7) is 3.94. The van der Waals surface area contributed by atoms with Gasteiger partial charge >= 0.3 is 5.97 Å². The summed E-state index contributed by atoms with van der Waals surface area (Å²) < 4.78 is 5.80. The number of carboxylic acid groups (broad SMARTS) is 1. The number of nitrogens with zero attached hydrogens (tertiary/aromatic N) is 2. The zero-order valence-corrected chi connectivity index (χ0v) is 15.0. The number of para-hydroxylation sites is 2. The maximum absolute atomic E-state index is 10.9. The predicted octanol–water partition coefficient (Wildman–Crippen LogP) is 4.45. The van der Waals surface area contributed by atoms with E-state index in [4.69, 9.17) is 9.84 Å². The highest BCUT2D eigenvalue weighted by molar-refractivity contribution is 5.88. The number of benzene rings is 2. The molecule has 3 rings (SSSR count). The van der Waals surface area contributed by atoms with Crippen LogP contribution in [0.2, 0.25) is 0 Å². The van der Waals surface area contributed by atoms with Crippen molar-refractivity contribution in [2.75, 3.05) is 10.6 Å². The SMILES string of the molecule is CC(C)Oc1ccccc1Nc1cc(Nc2ccc(C(=O)O)cc2)ncn1. The van der Waals surface area contributed by atoms with E-state index in [1.54, 1.807) is 18.2 Å². The van der Waals surface area contributed by atoms with E-state index in [1.807, 2.05) is 38.1 Å². The molecule has 0 saturated carbocycles. The lowest BCUT2D eigenvalue weighted by molar-refractivity contribution is 0.0697. The third-order valence-electron chi connectivity index (χ3n) is 3.58. The second-order valence-electron chi connectivity index (χ2n) is 6.08. The number of rotatable bonds is 7. The van der Waals surface area contributed by atoms with Crippen LogP contribution < -0.4 is 15.4 Å². The van der Waals surface area contributed by atoms with Gasteiger partial charge in [0.15, 0.2) is 0 Å². The summed E-state index contributed by atoms with van der Waals surface area (Å²) in [6.07, 6.45) is 1.51. The minimum absolute atomic E-state index is 0.0596. The van der Waals surface area contributed by atoms with Crippen LogP contribution in [-0.2, 0) is 0 Å². The van der Waals surface area contributed by atoms with E-state index in [-0.39, 0.29) is 11.7 Å². The first-order chi connectivity index (χ1) is 13.0. The molecule has 0 radical (unpaired) electrons. The fourth-order valence-corrected chi connectivity index (χ4v) is 2.40. The average molecular weight is 364 g/mol. The van der Waals surface area contributed by atoms with Gasteiger partial charge in [-0.1, -0.05) is 12.1 Å². The van der Waals surface area contributed by atoms with Crippen molar-refractivity contribution < 1.29 is 14.6 Å². The fraction of sp³-hybridized carbons (Fsp3) is 0.150. The number of aromatic nitrogens is 2.